The third-order valence-electron chi connectivity index (χ3n) is 7.51. The first-order chi connectivity index (χ1) is 19.3. The number of para-hydroxylation sites is 1. The molecule has 0 saturated carbocycles. The van der Waals surface area contributed by atoms with Gasteiger partial charge in [0.15, 0.2) is 24.2 Å². The summed E-state index contributed by atoms with van der Waals surface area (Å²) in [5.41, 5.74) is 2.28. The molecule has 7 atom stereocenters. The number of benzene rings is 3. The standard InChI is InChI=1S/C30H32N2O8/c1-30(2)38-28-27(36-18-19-10-6-4-7-11-19)26(37-29(28)39-30)23-24(32(33)34)25(20-14-16-22(35-3)17-15-20)40-31(23)21-12-8-5-9-13-21/h4-17,23-29H,18H2,1-3H3/t23-,24+,25-,26+,27-,28+,29+/m0/s1. The van der Waals surface area contributed by atoms with Crippen LogP contribution in [0, 0.1) is 10.1 Å². The fraction of sp³-hybridized carbons (Fsp3) is 0.400. The van der Waals surface area contributed by atoms with Gasteiger partial charge >= 0.3 is 0 Å². The van der Waals surface area contributed by atoms with Crippen LogP contribution in [0.3, 0.4) is 0 Å². The van der Waals surface area contributed by atoms with Gasteiger partial charge in [-0.15, -0.1) is 0 Å². The molecule has 10 heteroatoms. The van der Waals surface area contributed by atoms with Gasteiger partial charge in [-0.3, -0.25) is 15.0 Å². The van der Waals surface area contributed by atoms with Crippen LogP contribution >= 0.6 is 0 Å². The summed E-state index contributed by atoms with van der Waals surface area (Å²) in [6.45, 7) is 3.90. The number of anilines is 1. The summed E-state index contributed by atoms with van der Waals surface area (Å²) in [6, 6.07) is 24.1. The number of fused-ring (bicyclic) bond motifs is 1. The predicted molar refractivity (Wildman–Crippen MR) is 144 cm³/mol. The largest absolute Gasteiger partial charge is 0.497 e. The molecule has 0 unspecified atom stereocenters. The monoisotopic (exact) mass is 548 g/mol. The van der Waals surface area contributed by atoms with E-state index in [4.69, 9.17) is 28.5 Å². The second-order valence-electron chi connectivity index (χ2n) is 10.6. The van der Waals surface area contributed by atoms with E-state index >= 15 is 0 Å². The van der Waals surface area contributed by atoms with Crippen molar-refractivity contribution < 1.29 is 33.4 Å². The van der Waals surface area contributed by atoms with Crippen molar-refractivity contribution in [3.8, 4) is 5.75 Å². The van der Waals surface area contributed by atoms with E-state index in [1.54, 1.807) is 36.4 Å². The highest BCUT2D eigenvalue weighted by Crippen LogP contribution is 2.47. The van der Waals surface area contributed by atoms with Gasteiger partial charge in [0, 0.05) is 4.92 Å². The number of nitrogens with zero attached hydrogens (tertiary/aromatic N) is 2. The van der Waals surface area contributed by atoms with Gasteiger partial charge in [0.25, 0.3) is 6.04 Å². The first-order valence-corrected chi connectivity index (χ1v) is 13.3. The fourth-order valence-electron chi connectivity index (χ4n) is 5.73. The molecule has 0 aliphatic carbocycles. The van der Waals surface area contributed by atoms with Gasteiger partial charge in [-0.05, 0) is 49.2 Å². The SMILES string of the molecule is COc1ccc([C@@H]2ON(c3ccccc3)[C@H]([C@H]3O[C@@H]4OC(C)(C)O[C@@H]4[C@H]3OCc3ccccc3)[C@H]2[N+](=O)[O-])cc1. The van der Waals surface area contributed by atoms with Crippen molar-refractivity contribution in [1.82, 2.24) is 0 Å². The van der Waals surface area contributed by atoms with Gasteiger partial charge in [-0.2, -0.15) is 0 Å². The lowest BCUT2D eigenvalue weighted by molar-refractivity contribution is -0.532. The lowest BCUT2D eigenvalue weighted by atomic mass is 9.91. The van der Waals surface area contributed by atoms with Crippen LogP contribution in [0.15, 0.2) is 84.9 Å². The van der Waals surface area contributed by atoms with E-state index in [2.05, 4.69) is 0 Å². The third-order valence-corrected chi connectivity index (χ3v) is 7.51. The number of hydrogen-bond donors (Lipinski definition) is 0. The molecule has 0 bridgehead atoms. The lowest BCUT2D eigenvalue weighted by Gasteiger charge is -2.33. The Morgan fingerprint density at radius 1 is 0.925 bits per heavy atom. The average molecular weight is 549 g/mol. The molecule has 10 nitrogen and oxygen atoms in total. The summed E-state index contributed by atoms with van der Waals surface area (Å²) in [4.78, 5) is 18.9. The van der Waals surface area contributed by atoms with Crippen LogP contribution < -0.4 is 9.80 Å². The molecule has 0 spiro atoms. The summed E-state index contributed by atoms with van der Waals surface area (Å²) in [7, 11) is 1.57. The zero-order valence-corrected chi connectivity index (χ0v) is 22.5. The molecule has 210 valence electrons. The van der Waals surface area contributed by atoms with Crippen molar-refractivity contribution in [2.45, 2.75) is 69.0 Å². The molecule has 40 heavy (non-hydrogen) atoms. The van der Waals surface area contributed by atoms with Crippen molar-refractivity contribution in [2.24, 2.45) is 0 Å². The molecule has 3 saturated heterocycles. The van der Waals surface area contributed by atoms with Crippen LogP contribution in [0.4, 0.5) is 5.69 Å². The molecule has 0 radical (unpaired) electrons. The van der Waals surface area contributed by atoms with E-state index in [-0.39, 0.29) is 11.5 Å². The predicted octanol–water partition coefficient (Wildman–Crippen LogP) is 4.66. The van der Waals surface area contributed by atoms with Crippen LogP contribution in [-0.4, -0.2) is 54.5 Å². The number of rotatable bonds is 8. The first kappa shape index (κ1) is 26.7. The minimum atomic E-state index is -1.19. The Labute approximate surface area is 232 Å². The molecular weight excluding hydrogens is 516 g/mol. The Morgan fingerprint density at radius 3 is 2.25 bits per heavy atom. The van der Waals surface area contributed by atoms with Gasteiger partial charge in [0.05, 0.1) is 19.4 Å². The van der Waals surface area contributed by atoms with Gasteiger partial charge in [-0.1, -0.05) is 60.7 Å². The fourth-order valence-corrected chi connectivity index (χ4v) is 5.73. The topological polar surface area (TPSA) is 102 Å². The van der Waals surface area contributed by atoms with Gasteiger partial charge in [-0.25, -0.2) is 5.06 Å². The van der Waals surface area contributed by atoms with Crippen LogP contribution in [0.1, 0.15) is 31.1 Å². The molecule has 3 aliphatic rings. The number of methoxy groups -OCH3 is 1. The Kier molecular flexibility index (Phi) is 7.20. The quantitative estimate of drug-likeness (QED) is 0.294. The summed E-state index contributed by atoms with van der Waals surface area (Å²) < 4.78 is 30.5. The second kappa shape index (κ2) is 10.8. The van der Waals surface area contributed by atoms with Gasteiger partial charge in [0.2, 0.25) is 0 Å². The molecule has 3 aromatic carbocycles. The maximum absolute atomic E-state index is 12.8. The van der Waals surface area contributed by atoms with Gasteiger partial charge in [0.1, 0.15) is 24.1 Å². The third kappa shape index (κ3) is 5.04. The Morgan fingerprint density at radius 2 is 1.60 bits per heavy atom. The number of hydroxylamine groups is 1. The maximum Gasteiger partial charge on any atom is 0.270 e. The molecular formula is C30H32N2O8. The molecule has 3 aliphatic heterocycles. The number of ether oxygens (including phenoxy) is 5. The van der Waals surface area contributed by atoms with E-state index in [1.807, 2.05) is 74.5 Å². The highest BCUT2D eigenvalue weighted by molar-refractivity contribution is 5.47. The molecule has 0 amide bonds. The lowest BCUT2D eigenvalue weighted by Crippen LogP contribution is -2.53. The summed E-state index contributed by atoms with van der Waals surface area (Å²) in [6.07, 6.45) is -3.67. The maximum atomic E-state index is 12.8. The van der Waals surface area contributed by atoms with E-state index in [0.717, 1.165) is 5.56 Å². The highest BCUT2D eigenvalue weighted by atomic mass is 16.8. The summed E-state index contributed by atoms with van der Waals surface area (Å²) in [5, 5.41) is 14.4. The average Bonchev–Trinajstić information content (AvgIpc) is 3.60. The molecule has 3 heterocycles. The van der Waals surface area contributed by atoms with Crippen molar-refractivity contribution >= 4 is 5.69 Å². The van der Waals surface area contributed by atoms with Crippen molar-refractivity contribution in [1.29, 1.82) is 0 Å². The van der Waals surface area contributed by atoms with E-state index in [1.165, 1.54) is 0 Å². The van der Waals surface area contributed by atoms with Crippen LogP contribution in [-0.2, 0) is 30.4 Å². The Balaban J connectivity index is 1.39. The van der Waals surface area contributed by atoms with Gasteiger partial charge < -0.3 is 23.7 Å². The molecule has 3 aromatic rings. The Hall–Kier alpha value is -3.54. The van der Waals surface area contributed by atoms with Crippen molar-refractivity contribution in [3.05, 3.63) is 106 Å². The summed E-state index contributed by atoms with van der Waals surface area (Å²) >= 11 is 0. The van der Waals surface area contributed by atoms with E-state index < -0.39 is 48.6 Å². The first-order valence-electron chi connectivity index (χ1n) is 13.3. The normalized spacial score (nSPS) is 30.8. The number of nitro groups is 1. The molecule has 0 N–H and O–H groups in total. The highest BCUT2D eigenvalue weighted by Gasteiger charge is 2.65. The zero-order chi connectivity index (χ0) is 27.9. The molecule has 0 aromatic heterocycles. The van der Waals surface area contributed by atoms with Crippen LogP contribution in [0.5, 0.6) is 5.75 Å². The van der Waals surface area contributed by atoms with E-state index in [9.17, 15) is 10.1 Å². The smallest absolute Gasteiger partial charge is 0.270 e. The van der Waals surface area contributed by atoms with Crippen LogP contribution in [0.2, 0.25) is 0 Å². The van der Waals surface area contributed by atoms with Crippen LogP contribution in [0.25, 0.3) is 0 Å². The minimum absolute atomic E-state index is 0.280. The summed E-state index contributed by atoms with van der Waals surface area (Å²) in [5.74, 6) is -0.234. The minimum Gasteiger partial charge on any atom is -0.497 e. The second-order valence-corrected chi connectivity index (χ2v) is 10.6. The number of hydrogen-bond acceptors (Lipinski definition) is 9. The van der Waals surface area contributed by atoms with E-state index in [0.29, 0.717) is 17.0 Å². The molecule has 3 fully saturated rings. The Bertz CT molecular complexity index is 1310. The molecule has 6 rings (SSSR count). The zero-order valence-electron chi connectivity index (χ0n) is 22.5. The van der Waals surface area contributed by atoms with Crippen molar-refractivity contribution in [2.75, 3.05) is 12.2 Å². The van der Waals surface area contributed by atoms with Crippen molar-refractivity contribution in [3.63, 3.8) is 0 Å².